The Labute approximate surface area is 248 Å². The summed E-state index contributed by atoms with van der Waals surface area (Å²) in [5, 5.41) is 2.79. The van der Waals surface area contributed by atoms with Crippen molar-refractivity contribution in [1.29, 1.82) is 0 Å². The van der Waals surface area contributed by atoms with E-state index in [0.717, 1.165) is 23.0 Å². The van der Waals surface area contributed by atoms with Crippen LogP contribution in [0.25, 0.3) is 10.8 Å². The van der Waals surface area contributed by atoms with Crippen molar-refractivity contribution in [3.63, 3.8) is 0 Å². The first kappa shape index (κ1) is 30.6. The number of halogens is 7. The Hall–Kier alpha value is -3.81. The van der Waals surface area contributed by atoms with Crippen molar-refractivity contribution in [1.82, 2.24) is 14.3 Å². The molecular weight excluding hydrogens is 648 g/mol. The van der Waals surface area contributed by atoms with Crippen LogP contribution in [0.3, 0.4) is 0 Å². The standard InChI is InChI=1S/C29H24BrF6N3O4/c1-42-17-7-5-15(6-8-17)13-39-28(41)24(29(34,35)36)22(11-37-39)43-18-4-2-3-16(9-18)12-38-14-21(31)19-10-20(30)25(32)26(33)23(19)27(38)40/h5-8,10-11,14,16,18H,2-4,9,12-13H2,1H3/t16-,18+/m1/s1. The number of rotatable bonds is 7. The molecule has 43 heavy (non-hydrogen) atoms. The number of pyridine rings is 1. The molecule has 0 aliphatic heterocycles. The molecule has 2 aromatic heterocycles. The summed E-state index contributed by atoms with van der Waals surface area (Å²) in [6, 6.07) is 7.40. The number of alkyl halides is 3. The van der Waals surface area contributed by atoms with Crippen LogP contribution in [0, 0.1) is 23.4 Å². The maximum atomic E-state index is 14.8. The Kier molecular flexibility index (Phi) is 8.59. The van der Waals surface area contributed by atoms with Crippen molar-refractivity contribution in [2.45, 2.75) is 51.1 Å². The van der Waals surface area contributed by atoms with Crippen LogP contribution in [0.4, 0.5) is 26.3 Å². The Morgan fingerprint density at radius 3 is 2.44 bits per heavy atom. The summed E-state index contributed by atoms with van der Waals surface area (Å²) in [7, 11) is 1.47. The van der Waals surface area contributed by atoms with Crippen molar-refractivity contribution < 1.29 is 35.8 Å². The Bertz CT molecular complexity index is 1790. The first-order chi connectivity index (χ1) is 20.4. The molecule has 5 rings (SSSR count). The Morgan fingerprint density at radius 1 is 1.05 bits per heavy atom. The highest BCUT2D eigenvalue weighted by Gasteiger charge is 2.40. The van der Waals surface area contributed by atoms with Gasteiger partial charge in [0, 0.05) is 18.1 Å². The van der Waals surface area contributed by atoms with Gasteiger partial charge in [-0.3, -0.25) is 9.59 Å². The summed E-state index contributed by atoms with van der Waals surface area (Å²) in [6.07, 6.45) is -2.51. The van der Waals surface area contributed by atoms with Gasteiger partial charge in [0.2, 0.25) is 0 Å². The van der Waals surface area contributed by atoms with Crippen molar-refractivity contribution in [3.05, 3.63) is 96.5 Å². The summed E-state index contributed by atoms with van der Waals surface area (Å²) >= 11 is 2.80. The highest BCUT2D eigenvalue weighted by molar-refractivity contribution is 9.10. The lowest BCUT2D eigenvalue weighted by molar-refractivity contribution is -0.141. The number of benzene rings is 2. The molecular formula is C29H24BrF6N3O4. The smallest absolute Gasteiger partial charge is 0.425 e. The molecule has 2 aromatic carbocycles. The van der Waals surface area contributed by atoms with E-state index >= 15 is 0 Å². The Balaban J connectivity index is 1.37. The fourth-order valence-electron chi connectivity index (χ4n) is 5.35. The lowest BCUT2D eigenvalue weighted by atomic mass is 9.87. The third-order valence-corrected chi connectivity index (χ3v) is 8.01. The highest BCUT2D eigenvalue weighted by atomic mass is 79.9. The van der Waals surface area contributed by atoms with Crippen LogP contribution in [0.2, 0.25) is 0 Å². The molecule has 0 spiro atoms. The van der Waals surface area contributed by atoms with Crippen LogP contribution in [-0.2, 0) is 19.3 Å². The zero-order valence-electron chi connectivity index (χ0n) is 22.6. The molecule has 1 saturated carbocycles. The molecule has 1 aliphatic rings. The number of hydrogen-bond acceptors (Lipinski definition) is 5. The SMILES string of the molecule is COc1ccc(Cn2ncc(O[C@H]3CCC[C@@H](Cn4cc(F)c5cc(Br)c(F)c(F)c5c4=O)C3)c(C(F)(F)F)c2=O)cc1. The molecule has 0 N–H and O–H groups in total. The second kappa shape index (κ2) is 12.1. The molecule has 0 unspecified atom stereocenters. The van der Waals surface area contributed by atoms with Gasteiger partial charge >= 0.3 is 6.18 Å². The average molecular weight is 672 g/mol. The van der Waals surface area contributed by atoms with Gasteiger partial charge in [0.05, 0.1) is 35.8 Å². The molecule has 0 amide bonds. The number of hydrogen-bond donors (Lipinski definition) is 0. The number of ether oxygens (including phenoxy) is 2. The largest absolute Gasteiger partial charge is 0.497 e. The lowest BCUT2D eigenvalue weighted by Crippen LogP contribution is -2.34. The van der Waals surface area contributed by atoms with E-state index in [-0.39, 0.29) is 35.3 Å². The number of fused-ring (bicyclic) bond motifs is 1. The normalized spacial score (nSPS) is 17.3. The van der Waals surface area contributed by atoms with Crippen LogP contribution in [-0.4, -0.2) is 27.6 Å². The minimum Gasteiger partial charge on any atom is -0.497 e. The van der Waals surface area contributed by atoms with Crippen molar-refractivity contribution >= 4 is 26.7 Å². The zero-order valence-corrected chi connectivity index (χ0v) is 24.1. The van der Waals surface area contributed by atoms with Gasteiger partial charge in [0.25, 0.3) is 11.1 Å². The molecule has 1 fully saturated rings. The molecule has 7 nitrogen and oxygen atoms in total. The monoisotopic (exact) mass is 671 g/mol. The Morgan fingerprint density at radius 2 is 1.77 bits per heavy atom. The van der Waals surface area contributed by atoms with Gasteiger partial charge in [0.1, 0.15) is 11.6 Å². The third-order valence-electron chi connectivity index (χ3n) is 7.43. The molecule has 1 aliphatic carbocycles. The minimum absolute atomic E-state index is 0.101. The average Bonchev–Trinajstić information content (AvgIpc) is 2.95. The van der Waals surface area contributed by atoms with Crippen LogP contribution >= 0.6 is 15.9 Å². The summed E-state index contributed by atoms with van der Waals surface area (Å²) in [4.78, 5) is 25.9. The van der Waals surface area contributed by atoms with Crippen LogP contribution < -0.4 is 20.6 Å². The first-order valence-electron chi connectivity index (χ1n) is 13.2. The number of nitrogens with zero attached hydrogens (tertiary/aromatic N) is 3. The van der Waals surface area contributed by atoms with E-state index in [1.807, 2.05) is 0 Å². The predicted molar refractivity (Wildman–Crippen MR) is 148 cm³/mol. The van der Waals surface area contributed by atoms with Crippen molar-refractivity contribution in [3.8, 4) is 11.5 Å². The number of aromatic nitrogens is 3. The molecule has 0 saturated heterocycles. The van der Waals surface area contributed by atoms with Gasteiger partial charge < -0.3 is 14.0 Å². The first-order valence-corrected chi connectivity index (χ1v) is 14.0. The van der Waals surface area contributed by atoms with E-state index < -0.39 is 57.5 Å². The summed E-state index contributed by atoms with van der Waals surface area (Å²) in [6.45, 7) is -0.313. The maximum Gasteiger partial charge on any atom is 0.425 e. The van der Waals surface area contributed by atoms with Crippen molar-refractivity contribution in [2.75, 3.05) is 7.11 Å². The molecule has 14 heteroatoms. The molecule has 2 heterocycles. The summed E-state index contributed by atoms with van der Waals surface area (Å²) in [5.74, 6) is -4.29. The van der Waals surface area contributed by atoms with Gasteiger partial charge in [-0.25, -0.2) is 17.9 Å². The van der Waals surface area contributed by atoms with E-state index in [1.54, 1.807) is 24.3 Å². The van der Waals surface area contributed by atoms with E-state index in [1.165, 1.54) is 7.11 Å². The molecule has 4 aromatic rings. The van der Waals surface area contributed by atoms with Gasteiger partial charge in [0.15, 0.2) is 22.9 Å². The van der Waals surface area contributed by atoms with Gasteiger partial charge in [-0.2, -0.15) is 18.3 Å². The zero-order chi connectivity index (χ0) is 31.1. The van der Waals surface area contributed by atoms with E-state index in [2.05, 4.69) is 21.0 Å². The van der Waals surface area contributed by atoms with Crippen molar-refractivity contribution in [2.24, 2.45) is 5.92 Å². The maximum absolute atomic E-state index is 14.8. The lowest BCUT2D eigenvalue weighted by Gasteiger charge is -2.30. The highest BCUT2D eigenvalue weighted by Crippen LogP contribution is 2.36. The predicted octanol–water partition coefficient (Wildman–Crippen LogP) is 6.45. The summed E-state index contributed by atoms with van der Waals surface area (Å²) in [5.41, 5.74) is -3.27. The molecule has 0 bridgehead atoms. The molecule has 228 valence electrons. The van der Waals surface area contributed by atoms with Crippen LogP contribution in [0.15, 0.2) is 56.8 Å². The summed E-state index contributed by atoms with van der Waals surface area (Å²) < 4.78 is 97.7. The fourth-order valence-corrected chi connectivity index (χ4v) is 5.75. The van der Waals surface area contributed by atoms with Crippen LogP contribution in [0.5, 0.6) is 11.5 Å². The van der Waals surface area contributed by atoms with E-state index in [0.29, 0.717) is 35.3 Å². The van der Waals surface area contributed by atoms with Crippen LogP contribution in [0.1, 0.15) is 36.8 Å². The quantitative estimate of drug-likeness (QED) is 0.167. The molecule has 2 atom stereocenters. The third kappa shape index (κ3) is 6.29. The fraction of sp³-hybridized carbons (Fsp3) is 0.345. The minimum atomic E-state index is -5.03. The molecule has 0 radical (unpaired) electrons. The van der Waals surface area contributed by atoms with Gasteiger partial charge in [-0.15, -0.1) is 0 Å². The van der Waals surface area contributed by atoms with E-state index in [9.17, 15) is 35.9 Å². The van der Waals surface area contributed by atoms with Gasteiger partial charge in [-0.05, 0) is 71.3 Å². The van der Waals surface area contributed by atoms with E-state index in [4.69, 9.17) is 9.47 Å². The van der Waals surface area contributed by atoms with Gasteiger partial charge in [-0.1, -0.05) is 12.1 Å². The number of methoxy groups -OCH3 is 1. The second-order valence-corrected chi connectivity index (χ2v) is 11.2. The topological polar surface area (TPSA) is 75.3 Å². The second-order valence-electron chi connectivity index (χ2n) is 10.3.